The van der Waals surface area contributed by atoms with E-state index in [2.05, 4.69) is 36.6 Å². The Morgan fingerprint density at radius 3 is 2.76 bits per heavy atom. The average molecular weight is 355 g/mol. The molecule has 0 N–H and O–H groups in total. The lowest BCUT2D eigenvalue weighted by molar-refractivity contribution is 0.0972. The molecule has 0 aromatic heterocycles. The first-order chi connectivity index (χ1) is 10.3. The van der Waals surface area contributed by atoms with Crippen LogP contribution in [0.5, 0.6) is 5.75 Å². The minimum Gasteiger partial charge on any atom is -0.494 e. The second-order valence-electron chi connectivity index (χ2n) is 4.71. The number of alkyl halides is 1. The van der Waals surface area contributed by atoms with Crippen LogP contribution in [0.25, 0.3) is 0 Å². The topological polar surface area (TPSA) is 67.9 Å². The fourth-order valence-corrected chi connectivity index (χ4v) is 2.22. The van der Waals surface area contributed by atoms with Gasteiger partial charge in [0.15, 0.2) is 0 Å². The number of halogens is 1. The summed E-state index contributed by atoms with van der Waals surface area (Å²) in [4.78, 5) is 0. The largest absolute Gasteiger partial charge is 0.494 e. The molecule has 2 rings (SSSR count). The van der Waals surface area contributed by atoms with Gasteiger partial charge in [-0.15, -0.1) is 10.2 Å². The van der Waals surface area contributed by atoms with Crippen molar-refractivity contribution in [1.29, 1.82) is 0 Å². The highest BCUT2D eigenvalue weighted by Crippen LogP contribution is 2.27. The Balaban J connectivity index is 2.02. The van der Waals surface area contributed by atoms with Crippen molar-refractivity contribution >= 4 is 15.9 Å². The van der Waals surface area contributed by atoms with E-state index in [-0.39, 0.29) is 0 Å². The molecule has 0 aliphatic carbocycles. The first-order valence-corrected chi connectivity index (χ1v) is 8.10. The minimum absolute atomic E-state index is 0.380. The van der Waals surface area contributed by atoms with Gasteiger partial charge < -0.3 is 9.47 Å². The van der Waals surface area contributed by atoms with Crippen LogP contribution < -0.4 is 4.74 Å². The highest BCUT2D eigenvalue weighted by Gasteiger charge is 2.34. The van der Waals surface area contributed by atoms with Gasteiger partial charge in [0.25, 0.3) is 0 Å². The van der Waals surface area contributed by atoms with Gasteiger partial charge in [-0.3, -0.25) is 0 Å². The van der Waals surface area contributed by atoms with Crippen LogP contribution in [0.3, 0.4) is 0 Å². The summed E-state index contributed by atoms with van der Waals surface area (Å²) >= 11 is 3.39. The Kier molecular flexibility index (Phi) is 6.25. The summed E-state index contributed by atoms with van der Waals surface area (Å²) in [5.74, 6) is 0.854. The first kappa shape index (κ1) is 16.0. The summed E-state index contributed by atoms with van der Waals surface area (Å²) in [6.45, 7) is 3.63. The number of hydrogen-bond acceptors (Lipinski definition) is 6. The van der Waals surface area contributed by atoms with Gasteiger partial charge in [0, 0.05) is 18.4 Å². The van der Waals surface area contributed by atoms with E-state index in [4.69, 9.17) is 9.47 Å². The molecule has 1 aliphatic rings. The average Bonchev–Trinajstić information content (AvgIpc) is 2.95. The van der Waals surface area contributed by atoms with Crippen molar-refractivity contribution in [2.45, 2.75) is 25.4 Å². The summed E-state index contributed by atoms with van der Waals surface area (Å²) in [7, 11) is 0. The van der Waals surface area contributed by atoms with Crippen molar-refractivity contribution in [3.05, 3.63) is 29.8 Å². The Morgan fingerprint density at radius 2 is 2.05 bits per heavy atom. The van der Waals surface area contributed by atoms with Gasteiger partial charge >= 0.3 is 0 Å². The molecule has 0 radical (unpaired) electrons. The summed E-state index contributed by atoms with van der Waals surface area (Å²) < 4.78 is 11.2. The molecule has 0 fully saturated rings. The zero-order chi connectivity index (χ0) is 15.0. The Morgan fingerprint density at radius 1 is 1.24 bits per heavy atom. The van der Waals surface area contributed by atoms with Crippen LogP contribution in [0.15, 0.2) is 44.9 Å². The van der Waals surface area contributed by atoms with E-state index in [1.165, 1.54) is 0 Å². The lowest BCUT2D eigenvalue weighted by Crippen LogP contribution is -2.31. The molecule has 6 nitrogen and oxygen atoms in total. The molecule has 0 unspecified atom stereocenters. The summed E-state index contributed by atoms with van der Waals surface area (Å²) in [5, 5.41) is 16.5. The van der Waals surface area contributed by atoms with Gasteiger partial charge in [-0.05, 0) is 41.5 Å². The van der Waals surface area contributed by atoms with Gasteiger partial charge in [-0.2, -0.15) is 0 Å². The quantitative estimate of drug-likeness (QED) is 0.497. The van der Waals surface area contributed by atoms with Crippen molar-refractivity contribution in [1.82, 2.24) is 0 Å². The third-order valence-corrected chi connectivity index (χ3v) is 3.53. The Bertz CT molecular complexity index is 496. The van der Waals surface area contributed by atoms with Gasteiger partial charge in [0.2, 0.25) is 5.66 Å². The maximum Gasteiger partial charge on any atom is 0.222 e. The SMILES string of the molecule is CCOCC1(Cc2cccc(OCCCBr)c2)N=NN=N1. The van der Waals surface area contributed by atoms with E-state index in [1.807, 2.05) is 31.2 Å². The first-order valence-electron chi connectivity index (χ1n) is 6.97. The van der Waals surface area contributed by atoms with E-state index in [0.717, 1.165) is 23.1 Å². The van der Waals surface area contributed by atoms with Crippen molar-refractivity contribution in [3.63, 3.8) is 0 Å². The molecule has 0 saturated carbocycles. The van der Waals surface area contributed by atoms with Gasteiger partial charge in [0.1, 0.15) is 5.75 Å². The predicted octanol–water partition coefficient (Wildman–Crippen LogP) is 3.96. The molecule has 1 aromatic carbocycles. The van der Waals surface area contributed by atoms with E-state index >= 15 is 0 Å². The van der Waals surface area contributed by atoms with E-state index < -0.39 is 5.66 Å². The molecule has 1 aliphatic heterocycles. The van der Waals surface area contributed by atoms with Crippen molar-refractivity contribution in [2.75, 3.05) is 25.2 Å². The maximum absolute atomic E-state index is 5.70. The lowest BCUT2D eigenvalue weighted by atomic mass is 10.0. The molecule has 21 heavy (non-hydrogen) atoms. The number of nitrogens with zero attached hydrogens (tertiary/aromatic N) is 4. The van der Waals surface area contributed by atoms with Crippen LogP contribution in [0.4, 0.5) is 0 Å². The maximum atomic E-state index is 5.70. The molecule has 0 amide bonds. The highest BCUT2D eigenvalue weighted by molar-refractivity contribution is 9.09. The predicted molar refractivity (Wildman–Crippen MR) is 83.0 cm³/mol. The number of hydrogen-bond donors (Lipinski definition) is 0. The summed E-state index contributed by atoms with van der Waals surface area (Å²) in [5.41, 5.74) is 0.343. The third kappa shape index (κ3) is 4.86. The third-order valence-electron chi connectivity index (χ3n) is 2.97. The molecule has 1 aromatic rings. The van der Waals surface area contributed by atoms with Crippen molar-refractivity contribution < 1.29 is 9.47 Å². The van der Waals surface area contributed by atoms with E-state index in [1.54, 1.807) is 0 Å². The second kappa shape index (κ2) is 8.19. The van der Waals surface area contributed by atoms with Crippen LogP contribution in [0, 0.1) is 0 Å². The molecular weight excluding hydrogens is 336 g/mol. The molecule has 1 heterocycles. The van der Waals surface area contributed by atoms with Crippen LogP contribution in [-0.4, -0.2) is 30.8 Å². The van der Waals surface area contributed by atoms with Crippen LogP contribution in [0.1, 0.15) is 18.9 Å². The minimum atomic E-state index is -0.732. The molecular formula is C14H19BrN4O2. The van der Waals surface area contributed by atoms with Gasteiger partial charge in [0.05, 0.1) is 13.2 Å². The van der Waals surface area contributed by atoms with E-state index in [0.29, 0.717) is 26.2 Å². The smallest absolute Gasteiger partial charge is 0.222 e. The zero-order valence-electron chi connectivity index (χ0n) is 12.0. The summed E-state index contributed by atoms with van der Waals surface area (Å²) in [6.07, 6.45) is 1.57. The molecule has 0 bridgehead atoms. The Hall–Kier alpha value is -1.34. The molecule has 0 saturated heterocycles. The molecule has 114 valence electrons. The fraction of sp³-hybridized carbons (Fsp3) is 0.571. The zero-order valence-corrected chi connectivity index (χ0v) is 13.6. The molecule has 0 spiro atoms. The van der Waals surface area contributed by atoms with Crippen molar-refractivity contribution in [3.8, 4) is 5.75 Å². The van der Waals surface area contributed by atoms with Gasteiger partial charge in [-0.1, -0.05) is 28.1 Å². The fourth-order valence-electron chi connectivity index (χ4n) is 1.99. The standard InChI is InChI=1S/C14H19BrN4O2/c1-2-20-11-14(16-18-19-17-14)10-12-5-3-6-13(9-12)21-8-4-7-15/h3,5-6,9H,2,4,7-8,10-11H2,1H3. The van der Waals surface area contributed by atoms with Crippen LogP contribution in [0.2, 0.25) is 0 Å². The molecule has 7 heteroatoms. The number of rotatable bonds is 9. The lowest BCUT2D eigenvalue weighted by Gasteiger charge is -2.19. The van der Waals surface area contributed by atoms with E-state index in [9.17, 15) is 0 Å². The second-order valence-corrected chi connectivity index (χ2v) is 5.51. The van der Waals surface area contributed by atoms with Crippen LogP contribution >= 0.6 is 15.9 Å². The monoisotopic (exact) mass is 354 g/mol. The molecule has 0 atom stereocenters. The Labute approximate surface area is 132 Å². The van der Waals surface area contributed by atoms with Crippen LogP contribution in [-0.2, 0) is 11.2 Å². The number of ether oxygens (including phenoxy) is 2. The van der Waals surface area contributed by atoms with Crippen molar-refractivity contribution in [2.24, 2.45) is 20.7 Å². The van der Waals surface area contributed by atoms with Gasteiger partial charge in [-0.25, -0.2) is 0 Å². The normalized spacial score (nSPS) is 15.5. The summed E-state index contributed by atoms with van der Waals surface area (Å²) in [6, 6.07) is 7.95. The highest BCUT2D eigenvalue weighted by atomic mass is 79.9. The number of benzene rings is 1.